The Morgan fingerprint density at radius 2 is 2.10 bits per heavy atom. The summed E-state index contributed by atoms with van der Waals surface area (Å²) in [7, 11) is 0. The van der Waals surface area contributed by atoms with Crippen molar-refractivity contribution < 1.29 is 14.3 Å². The predicted molar refractivity (Wildman–Crippen MR) is 69.1 cm³/mol. The van der Waals surface area contributed by atoms with E-state index in [1.807, 2.05) is 0 Å². The van der Waals surface area contributed by atoms with E-state index in [0.717, 1.165) is 12.8 Å². The number of benzene rings is 1. The van der Waals surface area contributed by atoms with E-state index in [1.165, 1.54) is 23.4 Å². The molecule has 1 aliphatic rings. The molecule has 20 heavy (non-hydrogen) atoms. The van der Waals surface area contributed by atoms with Crippen molar-refractivity contribution in [2.45, 2.75) is 31.1 Å². The Morgan fingerprint density at radius 1 is 1.35 bits per heavy atom. The second kappa shape index (κ2) is 4.70. The molecule has 0 aliphatic heterocycles. The average Bonchev–Trinajstić information content (AvgIpc) is 3.11. The molecule has 0 saturated heterocycles. The molecule has 1 saturated carbocycles. The van der Waals surface area contributed by atoms with Crippen LogP contribution in [0.3, 0.4) is 0 Å². The van der Waals surface area contributed by atoms with Crippen LogP contribution in [-0.4, -0.2) is 25.8 Å². The minimum atomic E-state index is -0.943. The van der Waals surface area contributed by atoms with E-state index in [0.29, 0.717) is 18.4 Å². The van der Waals surface area contributed by atoms with Crippen molar-refractivity contribution in [3.8, 4) is 5.69 Å². The van der Waals surface area contributed by atoms with Crippen molar-refractivity contribution in [3.63, 3.8) is 0 Å². The molecule has 0 atom stereocenters. The monoisotopic (exact) mass is 275 g/mol. The Kier molecular flexibility index (Phi) is 3.00. The van der Waals surface area contributed by atoms with Gasteiger partial charge in [-0.25, -0.2) is 14.1 Å². The standard InChI is InChI=1S/C14H14FN3O2/c15-11-7-10(14(13(19)20)5-1-2-6-14)3-4-12(11)18-9-16-8-17-18/h3-4,7-9H,1-2,5-6H2,(H,19,20). The molecule has 0 radical (unpaired) electrons. The highest BCUT2D eigenvalue weighted by molar-refractivity contribution is 5.82. The number of aromatic nitrogens is 3. The Hall–Kier alpha value is -2.24. The van der Waals surface area contributed by atoms with Crippen molar-refractivity contribution in [3.05, 3.63) is 42.2 Å². The number of carboxylic acids is 1. The van der Waals surface area contributed by atoms with Gasteiger partial charge in [-0.05, 0) is 30.5 Å². The number of halogens is 1. The van der Waals surface area contributed by atoms with Crippen LogP contribution in [0.5, 0.6) is 0 Å². The van der Waals surface area contributed by atoms with E-state index in [9.17, 15) is 14.3 Å². The number of rotatable bonds is 3. The molecule has 6 heteroatoms. The first-order chi connectivity index (χ1) is 9.63. The minimum absolute atomic E-state index is 0.268. The molecule has 104 valence electrons. The summed E-state index contributed by atoms with van der Waals surface area (Å²) in [5.41, 5.74) is -0.143. The van der Waals surface area contributed by atoms with Crippen molar-refractivity contribution in [2.24, 2.45) is 0 Å². The lowest BCUT2D eigenvalue weighted by Crippen LogP contribution is -2.32. The van der Waals surface area contributed by atoms with Gasteiger partial charge in [-0.3, -0.25) is 4.79 Å². The maximum atomic E-state index is 14.2. The first-order valence-electron chi connectivity index (χ1n) is 6.52. The molecular formula is C14H14FN3O2. The van der Waals surface area contributed by atoms with Gasteiger partial charge in [0.15, 0.2) is 0 Å². The third kappa shape index (κ3) is 1.88. The van der Waals surface area contributed by atoms with Gasteiger partial charge in [0.05, 0.1) is 5.41 Å². The van der Waals surface area contributed by atoms with Gasteiger partial charge in [0.1, 0.15) is 24.2 Å². The van der Waals surface area contributed by atoms with Crippen LogP contribution in [0.1, 0.15) is 31.2 Å². The molecular weight excluding hydrogens is 261 g/mol. The molecule has 1 fully saturated rings. The fourth-order valence-corrected chi connectivity index (χ4v) is 2.93. The summed E-state index contributed by atoms with van der Waals surface area (Å²) in [6.07, 6.45) is 5.57. The van der Waals surface area contributed by atoms with Crippen LogP contribution in [0.4, 0.5) is 4.39 Å². The normalized spacial score (nSPS) is 17.2. The number of hydrogen-bond acceptors (Lipinski definition) is 3. The van der Waals surface area contributed by atoms with E-state index in [1.54, 1.807) is 12.1 Å². The third-order valence-electron chi connectivity index (χ3n) is 4.03. The van der Waals surface area contributed by atoms with Crippen LogP contribution in [0.25, 0.3) is 5.69 Å². The molecule has 1 heterocycles. The van der Waals surface area contributed by atoms with Crippen LogP contribution in [0.15, 0.2) is 30.9 Å². The molecule has 0 amide bonds. The zero-order valence-corrected chi connectivity index (χ0v) is 10.8. The van der Waals surface area contributed by atoms with Crippen LogP contribution < -0.4 is 0 Å². The van der Waals surface area contributed by atoms with E-state index in [-0.39, 0.29) is 5.69 Å². The molecule has 5 nitrogen and oxygen atoms in total. The van der Waals surface area contributed by atoms with Crippen molar-refractivity contribution in [1.82, 2.24) is 14.8 Å². The van der Waals surface area contributed by atoms with Gasteiger partial charge in [-0.2, -0.15) is 5.10 Å². The molecule has 1 N–H and O–H groups in total. The van der Waals surface area contributed by atoms with Gasteiger partial charge in [-0.15, -0.1) is 0 Å². The van der Waals surface area contributed by atoms with E-state index >= 15 is 0 Å². The van der Waals surface area contributed by atoms with Crippen LogP contribution >= 0.6 is 0 Å². The van der Waals surface area contributed by atoms with Gasteiger partial charge in [-0.1, -0.05) is 18.9 Å². The van der Waals surface area contributed by atoms with Crippen molar-refractivity contribution in [1.29, 1.82) is 0 Å². The largest absolute Gasteiger partial charge is 0.481 e. The third-order valence-corrected chi connectivity index (χ3v) is 4.03. The van der Waals surface area contributed by atoms with Gasteiger partial charge < -0.3 is 5.11 Å². The topological polar surface area (TPSA) is 68.0 Å². The lowest BCUT2D eigenvalue weighted by molar-refractivity contribution is -0.143. The first-order valence-corrected chi connectivity index (χ1v) is 6.52. The average molecular weight is 275 g/mol. The second-order valence-corrected chi connectivity index (χ2v) is 5.10. The molecule has 0 bridgehead atoms. The summed E-state index contributed by atoms with van der Waals surface area (Å²) in [6, 6.07) is 4.55. The minimum Gasteiger partial charge on any atom is -0.481 e. The lowest BCUT2D eigenvalue weighted by Gasteiger charge is -2.24. The van der Waals surface area contributed by atoms with Gasteiger partial charge in [0, 0.05) is 0 Å². The SMILES string of the molecule is O=C(O)C1(c2ccc(-n3cncn3)c(F)c2)CCCC1. The Morgan fingerprint density at radius 3 is 2.65 bits per heavy atom. The molecule has 1 aliphatic carbocycles. The summed E-state index contributed by atoms with van der Waals surface area (Å²) in [5.74, 6) is -1.36. The molecule has 2 aromatic rings. The molecule has 1 aromatic carbocycles. The summed E-state index contributed by atoms with van der Waals surface area (Å²) < 4.78 is 15.5. The summed E-state index contributed by atoms with van der Waals surface area (Å²) >= 11 is 0. The highest BCUT2D eigenvalue weighted by Crippen LogP contribution is 2.41. The number of hydrogen-bond donors (Lipinski definition) is 1. The zero-order valence-electron chi connectivity index (χ0n) is 10.8. The highest BCUT2D eigenvalue weighted by Gasteiger charge is 2.43. The maximum Gasteiger partial charge on any atom is 0.314 e. The smallest absolute Gasteiger partial charge is 0.314 e. The van der Waals surface area contributed by atoms with E-state index < -0.39 is 17.2 Å². The number of carbonyl (C=O) groups is 1. The highest BCUT2D eigenvalue weighted by atomic mass is 19.1. The fraction of sp³-hybridized carbons (Fsp3) is 0.357. The van der Waals surface area contributed by atoms with Crippen LogP contribution in [-0.2, 0) is 10.2 Å². The summed E-state index contributed by atoms with van der Waals surface area (Å²) in [6.45, 7) is 0. The quantitative estimate of drug-likeness (QED) is 0.933. The van der Waals surface area contributed by atoms with Crippen LogP contribution in [0.2, 0.25) is 0 Å². The first kappa shape index (κ1) is 12.8. The lowest BCUT2D eigenvalue weighted by atomic mass is 9.79. The Balaban J connectivity index is 2.04. The number of carboxylic acid groups (broad SMARTS) is 1. The van der Waals surface area contributed by atoms with E-state index in [2.05, 4.69) is 10.1 Å². The molecule has 3 rings (SSSR count). The Bertz CT molecular complexity index is 634. The summed E-state index contributed by atoms with van der Waals surface area (Å²) in [4.78, 5) is 15.4. The second-order valence-electron chi connectivity index (χ2n) is 5.10. The van der Waals surface area contributed by atoms with Crippen LogP contribution in [0, 0.1) is 5.82 Å². The van der Waals surface area contributed by atoms with Gasteiger partial charge >= 0.3 is 5.97 Å². The summed E-state index contributed by atoms with van der Waals surface area (Å²) in [5, 5.41) is 13.4. The molecule has 1 aromatic heterocycles. The van der Waals surface area contributed by atoms with Gasteiger partial charge in [0.2, 0.25) is 0 Å². The number of aliphatic carboxylic acids is 1. The molecule has 0 spiro atoms. The molecule has 0 unspecified atom stereocenters. The van der Waals surface area contributed by atoms with E-state index in [4.69, 9.17) is 0 Å². The predicted octanol–water partition coefficient (Wildman–Crippen LogP) is 2.30. The zero-order chi connectivity index (χ0) is 14.2. The fourth-order valence-electron chi connectivity index (χ4n) is 2.93. The van der Waals surface area contributed by atoms with Crippen molar-refractivity contribution >= 4 is 5.97 Å². The Labute approximate surface area is 115 Å². The van der Waals surface area contributed by atoms with Gasteiger partial charge in [0.25, 0.3) is 0 Å². The maximum absolute atomic E-state index is 14.2. The number of nitrogens with zero attached hydrogens (tertiary/aromatic N) is 3. The van der Waals surface area contributed by atoms with Crippen molar-refractivity contribution in [2.75, 3.05) is 0 Å².